The fraction of sp³-hybridized carbons (Fsp3) is 0.875. The van der Waals surface area contributed by atoms with Gasteiger partial charge in [0.25, 0.3) is 0 Å². The Hall–Kier alpha value is -1.47. The first kappa shape index (κ1) is 22.7. The van der Waals surface area contributed by atoms with Gasteiger partial charge in [-0.25, -0.2) is 0 Å². The average molecular weight is 437 g/mol. The molecule has 2 heterocycles. The van der Waals surface area contributed by atoms with Crippen LogP contribution in [0, 0.1) is 22.7 Å². The van der Waals surface area contributed by atoms with E-state index in [9.17, 15) is 14.4 Å². The van der Waals surface area contributed by atoms with Crippen LogP contribution >= 0.6 is 0 Å². The lowest BCUT2D eigenvalue weighted by atomic mass is 9.43. The SMILES string of the molecule is CC(=O)O[C@H]1OCC[C@@]12CC[C@@]1(O2)[C@H](C)CC(=O)[C@H]2C(C)(C)[C@@H](OC(C)=O)CC[C@@]21C. The van der Waals surface area contributed by atoms with E-state index in [1.807, 2.05) is 0 Å². The second-order valence-corrected chi connectivity index (χ2v) is 11.0. The third-order valence-electron chi connectivity index (χ3n) is 8.84. The molecule has 4 fully saturated rings. The zero-order valence-electron chi connectivity index (χ0n) is 19.6. The summed E-state index contributed by atoms with van der Waals surface area (Å²) in [6.07, 6.45) is 3.08. The molecule has 2 aliphatic heterocycles. The molecule has 2 aliphatic carbocycles. The Morgan fingerprint density at radius 1 is 1.00 bits per heavy atom. The van der Waals surface area contributed by atoms with Crippen molar-refractivity contribution < 1.29 is 33.3 Å². The summed E-state index contributed by atoms with van der Waals surface area (Å²) < 4.78 is 24.0. The van der Waals surface area contributed by atoms with Gasteiger partial charge in [-0.2, -0.15) is 0 Å². The van der Waals surface area contributed by atoms with Gasteiger partial charge in [-0.05, 0) is 31.6 Å². The van der Waals surface area contributed by atoms with Gasteiger partial charge in [0.2, 0.25) is 6.29 Å². The number of hydrogen-bond donors (Lipinski definition) is 0. The van der Waals surface area contributed by atoms with Gasteiger partial charge < -0.3 is 18.9 Å². The molecule has 7 nitrogen and oxygen atoms in total. The highest BCUT2D eigenvalue weighted by Gasteiger charge is 2.72. The van der Waals surface area contributed by atoms with E-state index in [4.69, 9.17) is 18.9 Å². The van der Waals surface area contributed by atoms with Crippen LogP contribution < -0.4 is 0 Å². The first-order chi connectivity index (χ1) is 14.4. The minimum absolute atomic E-state index is 0.0419. The van der Waals surface area contributed by atoms with Crippen molar-refractivity contribution >= 4 is 17.7 Å². The van der Waals surface area contributed by atoms with E-state index in [-0.39, 0.29) is 35.7 Å². The van der Waals surface area contributed by atoms with Crippen molar-refractivity contribution in [1.29, 1.82) is 0 Å². The summed E-state index contributed by atoms with van der Waals surface area (Å²) in [6.45, 7) is 11.7. The Kier molecular flexibility index (Phi) is 5.33. The molecule has 31 heavy (non-hydrogen) atoms. The summed E-state index contributed by atoms with van der Waals surface area (Å²) in [7, 11) is 0. The number of hydrogen-bond acceptors (Lipinski definition) is 7. The maximum absolute atomic E-state index is 13.5. The third-order valence-corrected chi connectivity index (χ3v) is 8.84. The normalized spacial score (nSPS) is 46.2. The molecule has 4 rings (SSSR count). The zero-order chi connectivity index (χ0) is 22.8. The first-order valence-electron chi connectivity index (χ1n) is 11.6. The van der Waals surface area contributed by atoms with Crippen LogP contribution in [0.15, 0.2) is 0 Å². The maximum atomic E-state index is 13.5. The summed E-state index contributed by atoms with van der Waals surface area (Å²) in [5.41, 5.74) is -2.08. The Morgan fingerprint density at radius 3 is 2.32 bits per heavy atom. The van der Waals surface area contributed by atoms with Crippen LogP contribution in [0.2, 0.25) is 0 Å². The molecule has 7 atom stereocenters. The van der Waals surface area contributed by atoms with E-state index in [1.54, 1.807) is 0 Å². The number of rotatable bonds is 2. The monoisotopic (exact) mass is 436 g/mol. The Balaban J connectivity index is 1.72. The van der Waals surface area contributed by atoms with Crippen LogP contribution in [0.5, 0.6) is 0 Å². The quantitative estimate of drug-likeness (QED) is 0.612. The van der Waals surface area contributed by atoms with Gasteiger partial charge in [0.1, 0.15) is 17.5 Å². The lowest BCUT2D eigenvalue weighted by Gasteiger charge is -2.64. The van der Waals surface area contributed by atoms with Crippen molar-refractivity contribution in [2.24, 2.45) is 22.7 Å². The van der Waals surface area contributed by atoms with Gasteiger partial charge in [-0.1, -0.05) is 27.7 Å². The molecule has 0 amide bonds. The number of ether oxygens (including phenoxy) is 4. The summed E-state index contributed by atoms with van der Waals surface area (Å²) in [5, 5.41) is 0. The third kappa shape index (κ3) is 3.17. The molecule has 0 radical (unpaired) electrons. The highest BCUT2D eigenvalue weighted by molar-refractivity contribution is 5.85. The standard InChI is InChI=1S/C24H36O7/c1-14-13-17(27)19-21(4,5)18(29-15(2)25)7-8-22(19,6)24(14)10-9-23(31-24)11-12-28-20(23)30-16(3)26/h14,18-20H,7-13H2,1-6H3/t14-,18+,19+,20-,22+,23+,24-/m1/s1. The topological polar surface area (TPSA) is 88.1 Å². The molecule has 0 aromatic heterocycles. The average Bonchev–Trinajstić information content (AvgIpc) is 3.21. The van der Waals surface area contributed by atoms with Crippen LogP contribution in [0.3, 0.4) is 0 Å². The fourth-order valence-electron chi connectivity index (χ4n) is 7.59. The molecule has 0 aromatic rings. The minimum atomic E-state index is -0.707. The van der Waals surface area contributed by atoms with E-state index in [0.29, 0.717) is 25.9 Å². The molecular formula is C24H36O7. The summed E-state index contributed by atoms with van der Waals surface area (Å²) in [6, 6.07) is 0. The van der Waals surface area contributed by atoms with Gasteiger partial charge >= 0.3 is 11.9 Å². The summed E-state index contributed by atoms with van der Waals surface area (Å²) in [5.74, 6) is -0.698. The number of carbonyl (C=O) groups excluding carboxylic acids is 3. The largest absolute Gasteiger partial charge is 0.462 e. The van der Waals surface area contributed by atoms with Gasteiger partial charge in [0, 0.05) is 43.4 Å². The number of Topliss-reactive ketones (excluding diaryl/α,β-unsaturated/α-hetero) is 1. The van der Waals surface area contributed by atoms with Gasteiger partial charge in [0.05, 0.1) is 12.2 Å². The number of ketones is 1. The van der Waals surface area contributed by atoms with Crippen molar-refractivity contribution in [3.63, 3.8) is 0 Å². The molecular weight excluding hydrogens is 400 g/mol. The van der Waals surface area contributed by atoms with Gasteiger partial charge in [0.15, 0.2) is 0 Å². The molecule has 0 N–H and O–H groups in total. The Bertz CT molecular complexity index is 791. The van der Waals surface area contributed by atoms with Gasteiger partial charge in [-0.15, -0.1) is 0 Å². The Morgan fingerprint density at radius 2 is 1.68 bits per heavy atom. The number of carbonyl (C=O) groups is 3. The molecule has 0 aromatic carbocycles. The second-order valence-electron chi connectivity index (χ2n) is 11.0. The smallest absolute Gasteiger partial charge is 0.305 e. The van der Waals surface area contributed by atoms with E-state index >= 15 is 0 Å². The molecule has 7 heteroatoms. The summed E-state index contributed by atoms with van der Waals surface area (Å²) >= 11 is 0. The Labute approximate surface area is 184 Å². The zero-order valence-corrected chi connectivity index (χ0v) is 19.6. The van der Waals surface area contributed by atoms with Crippen LogP contribution in [-0.4, -0.2) is 47.9 Å². The molecule has 2 saturated carbocycles. The van der Waals surface area contributed by atoms with Crippen LogP contribution in [0.25, 0.3) is 0 Å². The maximum Gasteiger partial charge on any atom is 0.305 e. The van der Waals surface area contributed by atoms with Crippen molar-refractivity contribution in [1.82, 2.24) is 0 Å². The lowest BCUT2D eigenvalue weighted by Crippen LogP contribution is -2.68. The predicted octanol–water partition coefficient (Wildman–Crippen LogP) is 3.57. The molecule has 2 spiro atoms. The van der Waals surface area contributed by atoms with Crippen molar-refractivity contribution in [3.8, 4) is 0 Å². The summed E-state index contributed by atoms with van der Waals surface area (Å²) in [4.78, 5) is 36.9. The van der Waals surface area contributed by atoms with Crippen LogP contribution in [0.4, 0.5) is 0 Å². The van der Waals surface area contributed by atoms with Crippen molar-refractivity contribution in [2.75, 3.05) is 6.61 Å². The molecule has 2 saturated heterocycles. The van der Waals surface area contributed by atoms with E-state index in [1.165, 1.54) is 13.8 Å². The molecule has 0 bridgehead atoms. The highest BCUT2D eigenvalue weighted by atomic mass is 16.7. The van der Waals surface area contributed by atoms with Crippen molar-refractivity contribution in [2.45, 2.75) is 104 Å². The highest BCUT2D eigenvalue weighted by Crippen LogP contribution is 2.68. The number of esters is 2. The second kappa shape index (κ2) is 7.27. The molecule has 0 unspecified atom stereocenters. The first-order valence-corrected chi connectivity index (χ1v) is 11.6. The van der Waals surface area contributed by atoms with Crippen molar-refractivity contribution in [3.05, 3.63) is 0 Å². The van der Waals surface area contributed by atoms with E-state index in [0.717, 1.165) is 19.3 Å². The van der Waals surface area contributed by atoms with Gasteiger partial charge in [-0.3, -0.25) is 14.4 Å². The fourth-order valence-corrected chi connectivity index (χ4v) is 7.59. The molecule has 4 aliphatic rings. The minimum Gasteiger partial charge on any atom is -0.462 e. The number of fused-ring (bicyclic) bond motifs is 2. The van der Waals surface area contributed by atoms with E-state index < -0.39 is 28.3 Å². The van der Waals surface area contributed by atoms with E-state index in [2.05, 4.69) is 27.7 Å². The van der Waals surface area contributed by atoms with Crippen LogP contribution in [0.1, 0.15) is 80.1 Å². The lowest BCUT2D eigenvalue weighted by molar-refractivity contribution is -0.277. The predicted molar refractivity (Wildman–Crippen MR) is 111 cm³/mol. The molecule has 174 valence electrons. The van der Waals surface area contributed by atoms with Crippen LogP contribution in [-0.2, 0) is 33.3 Å².